The lowest BCUT2D eigenvalue weighted by molar-refractivity contribution is 0.0668. The van der Waals surface area contributed by atoms with Gasteiger partial charge in [-0.1, -0.05) is 42.5 Å². The number of hydrogen-bond acceptors (Lipinski definition) is 3. The Morgan fingerprint density at radius 3 is 2.38 bits per heavy atom. The van der Waals surface area contributed by atoms with Crippen LogP contribution in [0.1, 0.15) is 51.7 Å². The van der Waals surface area contributed by atoms with Crippen LogP contribution in [0.4, 0.5) is 0 Å². The number of amides is 1. The Hall–Kier alpha value is -2.43. The predicted molar refractivity (Wildman–Crippen MR) is 134 cm³/mol. The lowest BCUT2D eigenvalue weighted by Gasteiger charge is -2.32. The van der Waals surface area contributed by atoms with Gasteiger partial charge in [0.05, 0.1) is 0 Å². The molecule has 3 nitrogen and oxygen atoms in total. The second-order valence-electron chi connectivity index (χ2n) is 9.36. The third-order valence-corrected chi connectivity index (χ3v) is 7.78. The number of nitrogens with zero attached hydrogens (tertiary/aromatic N) is 2. The topological polar surface area (TPSA) is 23.6 Å². The highest BCUT2D eigenvalue weighted by molar-refractivity contribution is 7.10. The highest BCUT2D eigenvalue weighted by Gasteiger charge is 2.37. The van der Waals surface area contributed by atoms with Crippen molar-refractivity contribution in [3.63, 3.8) is 0 Å². The standard InChI is InChI=1S/C28H34N2OS/c1-20(2)30(28(31)23-11-6-5-7-12-23)17-24-16-29(19-27-22(4)14-15-32-27)18-26(24)25-13-9-8-10-21(25)3/h5-15,20,24,26H,16-19H2,1-4H3/t24-,26-/m1/s1. The Morgan fingerprint density at radius 2 is 1.72 bits per heavy atom. The molecule has 1 aromatic heterocycles. The van der Waals surface area contributed by atoms with Gasteiger partial charge in [-0.3, -0.25) is 9.69 Å². The Bertz CT molecular complexity index is 1040. The van der Waals surface area contributed by atoms with Crippen molar-refractivity contribution in [2.75, 3.05) is 19.6 Å². The second kappa shape index (κ2) is 10.0. The maximum absolute atomic E-state index is 13.4. The van der Waals surface area contributed by atoms with Gasteiger partial charge < -0.3 is 4.90 Å². The third kappa shape index (κ3) is 4.97. The normalized spacial score (nSPS) is 18.9. The highest BCUT2D eigenvalue weighted by Crippen LogP contribution is 2.36. The first kappa shape index (κ1) is 22.8. The van der Waals surface area contributed by atoms with Gasteiger partial charge in [0.2, 0.25) is 0 Å². The van der Waals surface area contributed by atoms with E-state index in [9.17, 15) is 4.79 Å². The minimum atomic E-state index is 0.136. The Labute approximate surface area is 196 Å². The van der Waals surface area contributed by atoms with Gasteiger partial charge in [-0.25, -0.2) is 0 Å². The van der Waals surface area contributed by atoms with Crippen LogP contribution in [0.15, 0.2) is 66.0 Å². The average molecular weight is 447 g/mol. The molecule has 32 heavy (non-hydrogen) atoms. The molecule has 0 aliphatic carbocycles. The van der Waals surface area contributed by atoms with Crippen LogP contribution in [0.5, 0.6) is 0 Å². The van der Waals surface area contributed by atoms with Gasteiger partial charge in [0.25, 0.3) is 5.91 Å². The molecule has 1 aliphatic heterocycles. The van der Waals surface area contributed by atoms with Crippen LogP contribution in [-0.2, 0) is 6.54 Å². The number of likely N-dealkylation sites (tertiary alicyclic amines) is 1. The molecule has 4 heteroatoms. The summed E-state index contributed by atoms with van der Waals surface area (Å²) < 4.78 is 0. The maximum atomic E-state index is 13.4. The minimum Gasteiger partial charge on any atom is -0.336 e. The predicted octanol–water partition coefficient (Wildman–Crippen LogP) is 6.13. The van der Waals surface area contributed by atoms with Gasteiger partial charge in [0, 0.05) is 48.6 Å². The smallest absolute Gasteiger partial charge is 0.254 e. The molecule has 0 unspecified atom stereocenters. The molecular weight excluding hydrogens is 412 g/mol. The fraction of sp³-hybridized carbons (Fsp3) is 0.393. The first-order valence-corrected chi connectivity index (χ1v) is 12.5. The van der Waals surface area contributed by atoms with Crippen LogP contribution in [0, 0.1) is 19.8 Å². The SMILES string of the molecule is Cc1ccccc1[C@@H]1CN(Cc2sccc2C)C[C@@H]1CN(C(=O)c1ccccc1)C(C)C. The molecule has 1 saturated heterocycles. The number of carbonyl (C=O) groups is 1. The number of benzene rings is 2. The lowest BCUT2D eigenvalue weighted by Crippen LogP contribution is -2.42. The number of hydrogen-bond donors (Lipinski definition) is 0. The Balaban J connectivity index is 1.59. The molecule has 1 aliphatic rings. The van der Waals surface area contributed by atoms with Crippen LogP contribution in [0.2, 0.25) is 0 Å². The molecule has 0 bridgehead atoms. The van der Waals surface area contributed by atoms with Crippen molar-refractivity contribution in [3.8, 4) is 0 Å². The molecule has 0 N–H and O–H groups in total. The van der Waals surface area contributed by atoms with E-state index in [1.807, 2.05) is 41.7 Å². The van der Waals surface area contributed by atoms with Gasteiger partial charge in [-0.05, 0) is 73.9 Å². The van der Waals surface area contributed by atoms with E-state index in [0.29, 0.717) is 11.8 Å². The van der Waals surface area contributed by atoms with E-state index in [0.717, 1.165) is 31.7 Å². The Kier molecular flexibility index (Phi) is 7.12. The molecule has 2 heterocycles. The molecular formula is C28H34N2OS. The summed E-state index contributed by atoms with van der Waals surface area (Å²) in [7, 11) is 0. The zero-order chi connectivity index (χ0) is 22.7. The fourth-order valence-corrected chi connectivity index (χ4v) is 5.87. The first-order valence-electron chi connectivity index (χ1n) is 11.6. The van der Waals surface area contributed by atoms with Gasteiger partial charge in [-0.2, -0.15) is 0 Å². The molecule has 0 radical (unpaired) electrons. The lowest BCUT2D eigenvalue weighted by atomic mass is 9.86. The van der Waals surface area contributed by atoms with Gasteiger partial charge in [-0.15, -0.1) is 11.3 Å². The summed E-state index contributed by atoms with van der Waals surface area (Å²) in [5, 5.41) is 2.19. The molecule has 0 spiro atoms. The third-order valence-electron chi connectivity index (χ3n) is 6.78. The zero-order valence-electron chi connectivity index (χ0n) is 19.6. The van der Waals surface area contributed by atoms with Crippen molar-refractivity contribution < 1.29 is 4.79 Å². The van der Waals surface area contributed by atoms with E-state index in [-0.39, 0.29) is 11.9 Å². The van der Waals surface area contributed by atoms with E-state index in [4.69, 9.17) is 0 Å². The summed E-state index contributed by atoms with van der Waals surface area (Å²) >= 11 is 1.85. The van der Waals surface area contributed by atoms with E-state index in [1.165, 1.54) is 21.6 Å². The summed E-state index contributed by atoms with van der Waals surface area (Å²) in [4.78, 5) is 19.5. The number of rotatable bonds is 7. The second-order valence-corrected chi connectivity index (χ2v) is 10.4. The van der Waals surface area contributed by atoms with Gasteiger partial charge >= 0.3 is 0 Å². The van der Waals surface area contributed by atoms with E-state index >= 15 is 0 Å². The van der Waals surface area contributed by atoms with Crippen molar-refractivity contribution in [3.05, 3.63) is 93.2 Å². The molecule has 1 fully saturated rings. The van der Waals surface area contributed by atoms with Crippen LogP contribution in [0.3, 0.4) is 0 Å². The summed E-state index contributed by atoms with van der Waals surface area (Å²) in [6.07, 6.45) is 0. The van der Waals surface area contributed by atoms with Crippen molar-refractivity contribution in [1.29, 1.82) is 0 Å². The molecule has 0 saturated carbocycles. The quantitative estimate of drug-likeness (QED) is 0.436. The van der Waals surface area contributed by atoms with Crippen LogP contribution >= 0.6 is 11.3 Å². The number of thiophene rings is 1. The average Bonchev–Trinajstić information content (AvgIpc) is 3.38. The van der Waals surface area contributed by atoms with Crippen molar-refractivity contribution in [1.82, 2.24) is 9.80 Å². The zero-order valence-corrected chi connectivity index (χ0v) is 20.4. The number of carbonyl (C=O) groups excluding carboxylic acids is 1. The monoisotopic (exact) mass is 446 g/mol. The van der Waals surface area contributed by atoms with Crippen molar-refractivity contribution in [2.45, 2.75) is 46.2 Å². The van der Waals surface area contributed by atoms with Gasteiger partial charge in [0.1, 0.15) is 0 Å². The Morgan fingerprint density at radius 1 is 1.00 bits per heavy atom. The summed E-state index contributed by atoms with van der Waals surface area (Å²) in [6, 6.07) is 20.9. The molecule has 2 aromatic carbocycles. The van der Waals surface area contributed by atoms with E-state index in [1.54, 1.807) is 0 Å². The summed E-state index contributed by atoms with van der Waals surface area (Å²) in [6.45, 7) is 12.5. The summed E-state index contributed by atoms with van der Waals surface area (Å²) in [5.74, 6) is 0.976. The molecule has 3 aromatic rings. The minimum absolute atomic E-state index is 0.136. The molecule has 4 rings (SSSR count). The number of aryl methyl sites for hydroxylation is 2. The molecule has 1 amide bonds. The van der Waals surface area contributed by atoms with Crippen LogP contribution in [0.25, 0.3) is 0 Å². The summed E-state index contributed by atoms with van der Waals surface area (Å²) in [5.41, 5.74) is 4.94. The fourth-order valence-electron chi connectivity index (χ4n) is 4.93. The largest absolute Gasteiger partial charge is 0.336 e. The maximum Gasteiger partial charge on any atom is 0.254 e. The van der Waals surface area contributed by atoms with Crippen LogP contribution in [-0.4, -0.2) is 41.4 Å². The van der Waals surface area contributed by atoms with Crippen molar-refractivity contribution in [2.24, 2.45) is 5.92 Å². The molecule has 2 atom stereocenters. The van der Waals surface area contributed by atoms with E-state index < -0.39 is 0 Å². The van der Waals surface area contributed by atoms with Gasteiger partial charge in [0.15, 0.2) is 0 Å². The molecule has 168 valence electrons. The first-order chi connectivity index (χ1) is 15.4. The highest BCUT2D eigenvalue weighted by atomic mass is 32.1. The van der Waals surface area contributed by atoms with Crippen molar-refractivity contribution >= 4 is 17.2 Å². The van der Waals surface area contributed by atoms with E-state index in [2.05, 4.69) is 73.2 Å². The van der Waals surface area contributed by atoms with Crippen LogP contribution < -0.4 is 0 Å².